The highest BCUT2D eigenvalue weighted by Gasteiger charge is 2.26. The number of nitrogens with one attached hydrogen (secondary N) is 2. The predicted octanol–water partition coefficient (Wildman–Crippen LogP) is 3.94. The number of nitrogens with zero attached hydrogens (tertiary/aromatic N) is 1. The van der Waals surface area contributed by atoms with E-state index >= 15 is 0 Å². The maximum atomic E-state index is 13.6. The van der Waals surface area contributed by atoms with E-state index in [1.54, 1.807) is 30.4 Å². The molecule has 5 nitrogen and oxygen atoms in total. The Bertz CT molecular complexity index is 1080. The normalized spacial score (nSPS) is 13.0. The minimum Gasteiger partial charge on any atom is -0.350 e. The van der Waals surface area contributed by atoms with Crippen molar-refractivity contribution < 1.29 is 14.0 Å². The molecule has 0 fully saturated rings. The zero-order chi connectivity index (χ0) is 21.1. The minimum atomic E-state index is -0.408. The Labute approximate surface area is 182 Å². The van der Waals surface area contributed by atoms with Crippen molar-refractivity contribution in [3.63, 3.8) is 0 Å². The average Bonchev–Trinajstić information content (AvgIpc) is 3.40. The summed E-state index contributed by atoms with van der Waals surface area (Å²) in [5.74, 6) is 1.05. The van der Waals surface area contributed by atoms with Gasteiger partial charge in [0.1, 0.15) is 10.8 Å². The van der Waals surface area contributed by atoms with E-state index in [-0.39, 0.29) is 23.9 Å². The second-order valence-electron chi connectivity index (χ2n) is 7.05. The molecule has 2 aromatic heterocycles. The molecule has 8 heteroatoms. The number of halogens is 1. The van der Waals surface area contributed by atoms with Crippen molar-refractivity contribution in [2.24, 2.45) is 0 Å². The SMILES string of the molecule is Cc1ccc(C(=O)NCCNC(=O)c2c(-n3cccc3)sc3c2CCSC3)cc1F. The number of hydrogen-bond donors (Lipinski definition) is 2. The number of rotatable bonds is 6. The first-order valence-electron chi connectivity index (χ1n) is 9.73. The molecular weight excluding hydrogens is 421 g/mol. The molecule has 4 rings (SSSR count). The zero-order valence-electron chi connectivity index (χ0n) is 16.5. The van der Waals surface area contributed by atoms with Crippen LogP contribution in [-0.2, 0) is 12.2 Å². The Morgan fingerprint density at radius 1 is 1.13 bits per heavy atom. The Morgan fingerprint density at radius 2 is 1.87 bits per heavy atom. The molecule has 156 valence electrons. The molecule has 3 aromatic rings. The Hall–Kier alpha value is -2.58. The van der Waals surface area contributed by atoms with Crippen LogP contribution in [0, 0.1) is 12.7 Å². The summed E-state index contributed by atoms with van der Waals surface area (Å²) in [6.07, 6.45) is 4.78. The third kappa shape index (κ3) is 4.29. The van der Waals surface area contributed by atoms with Crippen LogP contribution < -0.4 is 10.6 Å². The largest absolute Gasteiger partial charge is 0.350 e. The summed E-state index contributed by atoms with van der Waals surface area (Å²) in [6.45, 7) is 2.21. The summed E-state index contributed by atoms with van der Waals surface area (Å²) in [4.78, 5) is 26.5. The highest BCUT2D eigenvalue weighted by molar-refractivity contribution is 7.98. The van der Waals surface area contributed by atoms with E-state index < -0.39 is 5.82 Å². The molecule has 0 saturated heterocycles. The molecule has 0 atom stereocenters. The van der Waals surface area contributed by atoms with Crippen LogP contribution in [0.15, 0.2) is 42.7 Å². The van der Waals surface area contributed by atoms with Gasteiger partial charge in [-0.05, 0) is 54.5 Å². The third-order valence-electron chi connectivity index (χ3n) is 5.00. The highest BCUT2D eigenvalue weighted by Crippen LogP contribution is 2.38. The lowest BCUT2D eigenvalue weighted by atomic mass is 10.1. The van der Waals surface area contributed by atoms with Crippen molar-refractivity contribution in [2.75, 3.05) is 18.8 Å². The molecule has 2 amide bonds. The second-order valence-corrected chi connectivity index (χ2v) is 9.24. The number of thioether (sulfide) groups is 1. The van der Waals surface area contributed by atoms with Crippen LogP contribution >= 0.6 is 23.1 Å². The van der Waals surface area contributed by atoms with Gasteiger partial charge in [0.25, 0.3) is 11.8 Å². The molecule has 0 bridgehead atoms. The fraction of sp³-hybridized carbons (Fsp3) is 0.273. The number of aryl methyl sites for hydroxylation is 1. The van der Waals surface area contributed by atoms with Gasteiger partial charge in [-0.25, -0.2) is 4.39 Å². The molecule has 0 saturated carbocycles. The summed E-state index contributed by atoms with van der Waals surface area (Å²) in [6, 6.07) is 8.28. The van der Waals surface area contributed by atoms with Crippen LogP contribution in [0.5, 0.6) is 0 Å². The number of fused-ring (bicyclic) bond motifs is 1. The van der Waals surface area contributed by atoms with E-state index in [0.29, 0.717) is 12.1 Å². The first-order chi connectivity index (χ1) is 14.5. The maximum absolute atomic E-state index is 13.6. The molecule has 1 aromatic carbocycles. The van der Waals surface area contributed by atoms with E-state index in [4.69, 9.17) is 0 Å². The van der Waals surface area contributed by atoms with Gasteiger partial charge in [-0.2, -0.15) is 11.8 Å². The summed E-state index contributed by atoms with van der Waals surface area (Å²) < 4.78 is 15.6. The molecular formula is C22H22FN3O2S2. The molecule has 3 heterocycles. The van der Waals surface area contributed by atoms with Crippen LogP contribution in [0.4, 0.5) is 4.39 Å². The summed E-state index contributed by atoms with van der Waals surface area (Å²) in [7, 11) is 0. The van der Waals surface area contributed by atoms with Crippen molar-refractivity contribution in [2.45, 2.75) is 19.1 Å². The fourth-order valence-electron chi connectivity index (χ4n) is 3.38. The average molecular weight is 444 g/mol. The number of aromatic nitrogens is 1. The van der Waals surface area contributed by atoms with Gasteiger partial charge in [-0.3, -0.25) is 9.59 Å². The van der Waals surface area contributed by atoms with E-state index in [2.05, 4.69) is 10.6 Å². The van der Waals surface area contributed by atoms with Gasteiger partial charge < -0.3 is 15.2 Å². The van der Waals surface area contributed by atoms with Crippen LogP contribution in [0.1, 0.15) is 36.7 Å². The number of benzene rings is 1. The zero-order valence-corrected chi connectivity index (χ0v) is 18.2. The smallest absolute Gasteiger partial charge is 0.254 e. The topological polar surface area (TPSA) is 63.1 Å². The third-order valence-corrected chi connectivity index (χ3v) is 7.41. The van der Waals surface area contributed by atoms with Gasteiger partial charge >= 0.3 is 0 Å². The predicted molar refractivity (Wildman–Crippen MR) is 119 cm³/mol. The van der Waals surface area contributed by atoms with E-state index in [0.717, 1.165) is 34.1 Å². The van der Waals surface area contributed by atoms with Gasteiger partial charge in [0, 0.05) is 41.7 Å². The van der Waals surface area contributed by atoms with Crippen LogP contribution in [0.3, 0.4) is 0 Å². The monoisotopic (exact) mass is 443 g/mol. The van der Waals surface area contributed by atoms with Crippen molar-refractivity contribution in [1.82, 2.24) is 15.2 Å². The summed E-state index contributed by atoms with van der Waals surface area (Å²) in [5, 5.41) is 6.58. The first-order valence-corrected chi connectivity index (χ1v) is 11.7. The second kappa shape index (κ2) is 9.06. The minimum absolute atomic E-state index is 0.126. The van der Waals surface area contributed by atoms with Gasteiger partial charge in [-0.15, -0.1) is 11.3 Å². The maximum Gasteiger partial charge on any atom is 0.254 e. The Balaban J connectivity index is 1.40. The molecule has 0 unspecified atom stereocenters. The molecule has 2 N–H and O–H groups in total. The molecule has 1 aliphatic heterocycles. The number of carbonyl (C=O) groups excluding carboxylic acids is 2. The molecule has 0 aliphatic carbocycles. The molecule has 30 heavy (non-hydrogen) atoms. The summed E-state index contributed by atoms with van der Waals surface area (Å²) >= 11 is 3.56. The lowest BCUT2D eigenvalue weighted by Crippen LogP contribution is -2.35. The Morgan fingerprint density at radius 3 is 2.60 bits per heavy atom. The van der Waals surface area contributed by atoms with Gasteiger partial charge in [0.15, 0.2) is 0 Å². The van der Waals surface area contributed by atoms with E-state index in [1.165, 1.54) is 10.9 Å². The quantitative estimate of drug-likeness (QED) is 0.568. The number of hydrogen-bond acceptors (Lipinski definition) is 4. The van der Waals surface area contributed by atoms with Crippen molar-refractivity contribution in [3.8, 4) is 5.00 Å². The van der Waals surface area contributed by atoms with Crippen LogP contribution in [0.25, 0.3) is 5.00 Å². The van der Waals surface area contributed by atoms with Crippen molar-refractivity contribution >= 4 is 34.9 Å². The highest BCUT2D eigenvalue weighted by atomic mass is 32.2. The lowest BCUT2D eigenvalue weighted by Gasteiger charge is -2.13. The van der Waals surface area contributed by atoms with Gasteiger partial charge in [0.2, 0.25) is 0 Å². The molecule has 1 aliphatic rings. The summed E-state index contributed by atoms with van der Waals surface area (Å²) in [5.41, 5.74) is 2.64. The molecule has 0 spiro atoms. The standard InChI is InChI=1S/C22H22FN3O2S2/c1-14-4-5-15(12-17(14)23)20(27)24-7-8-25-21(28)19-16-6-11-29-13-18(16)30-22(19)26-9-2-3-10-26/h2-5,9-10,12H,6-8,11,13H2,1H3,(H,24,27)(H,25,28). The van der Waals surface area contributed by atoms with Gasteiger partial charge in [0.05, 0.1) is 5.56 Å². The van der Waals surface area contributed by atoms with Crippen LogP contribution in [0.2, 0.25) is 0 Å². The number of thiophene rings is 1. The van der Waals surface area contributed by atoms with Crippen LogP contribution in [-0.4, -0.2) is 35.2 Å². The van der Waals surface area contributed by atoms with Crippen molar-refractivity contribution in [1.29, 1.82) is 0 Å². The van der Waals surface area contributed by atoms with E-state index in [1.807, 2.05) is 40.9 Å². The van der Waals surface area contributed by atoms with E-state index in [9.17, 15) is 14.0 Å². The fourth-order valence-corrected chi connectivity index (χ4v) is 5.82. The first kappa shape index (κ1) is 20.7. The molecule has 0 radical (unpaired) electrons. The number of carbonyl (C=O) groups is 2. The lowest BCUT2D eigenvalue weighted by molar-refractivity contribution is 0.0927. The van der Waals surface area contributed by atoms with Crippen molar-refractivity contribution in [3.05, 3.63) is 75.7 Å². The number of amides is 2. The Kier molecular flexibility index (Phi) is 6.24. The van der Waals surface area contributed by atoms with Gasteiger partial charge in [-0.1, -0.05) is 6.07 Å².